The Morgan fingerprint density at radius 1 is 1.13 bits per heavy atom. The molecule has 162 valence electrons. The van der Waals surface area contributed by atoms with E-state index >= 15 is 0 Å². The Morgan fingerprint density at radius 3 is 2.63 bits per heavy atom. The molecule has 1 aromatic heterocycles. The molecule has 2 aromatic rings. The van der Waals surface area contributed by atoms with Crippen molar-refractivity contribution in [2.45, 2.75) is 38.8 Å². The zero-order chi connectivity index (χ0) is 21.0. The van der Waals surface area contributed by atoms with E-state index in [9.17, 15) is 4.79 Å². The smallest absolute Gasteiger partial charge is 0.261 e. The van der Waals surface area contributed by atoms with Crippen LogP contribution in [0, 0.1) is 0 Å². The van der Waals surface area contributed by atoms with Crippen molar-refractivity contribution >= 4 is 23.2 Å². The first-order valence-electron chi connectivity index (χ1n) is 10.9. The molecule has 2 heterocycles. The number of carbonyl (C=O) groups excluding carboxylic acids is 1. The van der Waals surface area contributed by atoms with Crippen LogP contribution in [-0.4, -0.2) is 55.5 Å². The molecule has 0 bridgehead atoms. The van der Waals surface area contributed by atoms with Gasteiger partial charge in [0.1, 0.15) is 0 Å². The average molecular weight is 428 g/mol. The fourth-order valence-corrected chi connectivity index (χ4v) is 4.20. The van der Waals surface area contributed by atoms with Crippen molar-refractivity contribution in [3.8, 4) is 0 Å². The van der Waals surface area contributed by atoms with Gasteiger partial charge < -0.3 is 16.0 Å². The monoisotopic (exact) mass is 427 g/mol. The van der Waals surface area contributed by atoms with Gasteiger partial charge in [-0.05, 0) is 43.2 Å². The van der Waals surface area contributed by atoms with Crippen molar-refractivity contribution in [1.29, 1.82) is 0 Å². The third kappa shape index (κ3) is 7.46. The highest BCUT2D eigenvalue weighted by atomic mass is 32.1. The van der Waals surface area contributed by atoms with Gasteiger partial charge in [-0.1, -0.05) is 36.4 Å². The molecule has 0 aliphatic carbocycles. The Kier molecular flexibility index (Phi) is 9.18. The second-order valence-corrected chi connectivity index (χ2v) is 8.48. The Balaban J connectivity index is 1.36. The highest BCUT2D eigenvalue weighted by molar-refractivity contribution is 7.12. The molecular weight excluding hydrogens is 394 g/mol. The third-order valence-electron chi connectivity index (χ3n) is 5.16. The highest BCUT2D eigenvalue weighted by Crippen LogP contribution is 2.14. The topological polar surface area (TPSA) is 68.8 Å². The molecule has 0 radical (unpaired) electrons. The van der Waals surface area contributed by atoms with E-state index < -0.39 is 0 Å². The molecule has 6 nitrogen and oxygen atoms in total. The Morgan fingerprint density at radius 2 is 1.93 bits per heavy atom. The van der Waals surface area contributed by atoms with Crippen LogP contribution in [0.15, 0.2) is 52.8 Å². The summed E-state index contributed by atoms with van der Waals surface area (Å²) in [5.74, 6) is 0.880. The summed E-state index contributed by atoms with van der Waals surface area (Å²) < 4.78 is 0. The Labute approximate surface area is 183 Å². The van der Waals surface area contributed by atoms with Crippen LogP contribution in [0.1, 0.15) is 41.4 Å². The molecule has 1 aromatic carbocycles. The maximum absolute atomic E-state index is 11.9. The summed E-state index contributed by atoms with van der Waals surface area (Å²) in [6.45, 7) is 7.47. The van der Waals surface area contributed by atoms with Crippen LogP contribution >= 0.6 is 11.3 Å². The van der Waals surface area contributed by atoms with Gasteiger partial charge in [-0.25, -0.2) is 0 Å². The van der Waals surface area contributed by atoms with Gasteiger partial charge in [0, 0.05) is 45.3 Å². The molecule has 1 aliphatic heterocycles. The summed E-state index contributed by atoms with van der Waals surface area (Å²) in [5.41, 5.74) is 1.38. The molecule has 1 amide bonds. The number of nitrogens with zero attached hydrogens (tertiary/aromatic N) is 2. The summed E-state index contributed by atoms with van der Waals surface area (Å²) in [7, 11) is 0. The van der Waals surface area contributed by atoms with Crippen LogP contribution in [-0.2, 0) is 6.54 Å². The number of hydrogen-bond acceptors (Lipinski definition) is 4. The van der Waals surface area contributed by atoms with Crippen LogP contribution in [0.3, 0.4) is 0 Å². The molecule has 7 heteroatoms. The van der Waals surface area contributed by atoms with E-state index in [1.54, 1.807) is 0 Å². The fourth-order valence-electron chi connectivity index (χ4n) is 3.56. The van der Waals surface area contributed by atoms with Gasteiger partial charge in [-0.15, -0.1) is 11.3 Å². The lowest BCUT2D eigenvalue weighted by Gasteiger charge is -2.33. The average Bonchev–Trinajstić information content (AvgIpc) is 3.31. The van der Waals surface area contributed by atoms with Gasteiger partial charge in [-0.2, -0.15) is 0 Å². The molecule has 1 fully saturated rings. The number of hydrogen-bond donors (Lipinski definition) is 3. The molecule has 3 N–H and O–H groups in total. The first-order chi connectivity index (χ1) is 14.7. The quantitative estimate of drug-likeness (QED) is 0.327. The van der Waals surface area contributed by atoms with E-state index in [0.29, 0.717) is 19.1 Å². The van der Waals surface area contributed by atoms with Crippen LogP contribution in [0.5, 0.6) is 0 Å². The van der Waals surface area contributed by atoms with E-state index in [-0.39, 0.29) is 5.91 Å². The van der Waals surface area contributed by atoms with Crippen LogP contribution in [0.25, 0.3) is 0 Å². The first-order valence-corrected chi connectivity index (χ1v) is 11.8. The molecule has 0 unspecified atom stereocenters. The van der Waals surface area contributed by atoms with E-state index in [4.69, 9.17) is 0 Å². The number of amides is 1. The van der Waals surface area contributed by atoms with Crippen molar-refractivity contribution in [2.24, 2.45) is 4.99 Å². The Bertz CT molecular complexity index is 770. The minimum atomic E-state index is 0.00118. The number of nitrogens with one attached hydrogen (secondary N) is 3. The van der Waals surface area contributed by atoms with Gasteiger partial charge >= 0.3 is 0 Å². The maximum Gasteiger partial charge on any atom is 0.261 e. The minimum Gasteiger partial charge on any atom is -0.357 e. The van der Waals surface area contributed by atoms with Crippen molar-refractivity contribution < 1.29 is 4.79 Å². The van der Waals surface area contributed by atoms with Gasteiger partial charge in [0.05, 0.1) is 4.88 Å². The van der Waals surface area contributed by atoms with Gasteiger partial charge in [0.15, 0.2) is 5.96 Å². The predicted octanol–water partition coefficient (Wildman–Crippen LogP) is 3.09. The lowest BCUT2D eigenvalue weighted by Crippen LogP contribution is -2.48. The summed E-state index contributed by atoms with van der Waals surface area (Å²) in [6, 6.07) is 14.9. The SMILES string of the molecule is CCNC(=NCCCNC(=O)c1cccs1)NC1CCN(Cc2ccccc2)CC1. The van der Waals surface area contributed by atoms with Crippen molar-refractivity contribution in [1.82, 2.24) is 20.9 Å². The van der Waals surface area contributed by atoms with Gasteiger partial charge in [0.25, 0.3) is 5.91 Å². The summed E-state index contributed by atoms with van der Waals surface area (Å²) >= 11 is 1.46. The lowest BCUT2D eigenvalue weighted by molar-refractivity contribution is 0.0957. The minimum absolute atomic E-state index is 0.00118. The van der Waals surface area contributed by atoms with E-state index in [2.05, 4.69) is 63.1 Å². The molecule has 1 aliphatic rings. The lowest BCUT2D eigenvalue weighted by atomic mass is 10.0. The molecule has 0 saturated carbocycles. The Hall–Kier alpha value is -2.38. The van der Waals surface area contributed by atoms with E-state index in [0.717, 1.165) is 56.3 Å². The fraction of sp³-hybridized carbons (Fsp3) is 0.478. The van der Waals surface area contributed by atoms with E-state index in [1.807, 2.05) is 17.5 Å². The van der Waals surface area contributed by atoms with Gasteiger partial charge in [0.2, 0.25) is 0 Å². The zero-order valence-electron chi connectivity index (χ0n) is 17.8. The van der Waals surface area contributed by atoms with Crippen molar-refractivity contribution in [2.75, 3.05) is 32.7 Å². The molecule has 0 atom stereocenters. The number of thiophene rings is 1. The van der Waals surface area contributed by atoms with Gasteiger partial charge in [-0.3, -0.25) is 14.7 Å². The summed E-state index contributed by atoms with van der Waals surface area (Å²) in [6.07, 6.45) is 3.06. The van der Waals surface area contributed by atoms with Crippen molar-refractivity contribution in [3.05, 3.63) is 58.3 Å². The molecule has 30 heavy (non-hydrogen) atoms. The predicted molar refractivity (Wildman–Crippen MR) is 125 cm³/mol. The standard InChI is InChI=1S/C23H33N5OS/c1-2-24-23(26-14-7-13-25-22(29)21-10-6-17-30-21)27-20-11-15-28(16-12-20)18-19-8-4-3-5-9-19/h3-6,8-10,17,20H,2,7,11-16,18H2,1H3,(H,25,29)(H2,24,26,27). The molecule has 0 spiro atoms. The van der Waals surface area contributed by atoms with Crippen molar-refractivity contribution in [3.63, 3.8) is 0 Å². The highest BCUT2D eigenvalue weighted by Gasteiger charge is 2.20. The van der Waals surface area contributed by atoms with Crippen LogP contribution < -0.4 is 16.0 Å². The largest absolute Gasteiger partial charge is 0.357 e. The normalized spacial score (nSPS) is 15.7. The number of likely N-dealkylation sites (tertiary alicyclic amines) is 1. The first kappa shape index (κ1) is 22.3. The molecule has 3 rings (SSSR count). The number of rotatable bonds is 9. The second-order valence-electron chi connectivity index (χ2n) is 7.53. The number of carbonyl (C=O) groups is 1. The summed E-state index contributed by atoms with van der Waals surface area (Å²) in [4.78, 5) is 19.9. The number of benzene rings is 1. The number of aliphatic imine (C=N–C) groups is 1. The van der Waals surface area contributed by atoms with E-state index in [1.165, 1.54) is 16.9 Å². The van der Waals surface area contributed by atoms with Crippen LogP contribution in [0.2, 0.25) is 0 Å². The van der Waals surface area contributed by atoms with Crippen LogP contribution in [0.4, 0.5) is 0 Å². The summed E-state index contributed by atoms with van der Waals surface area (Å²) in [5, 5.41) is 11.8. The number of piperidine rings is 1. The molecule has 1 saturated heterocycles. The maximum atomic E-state index is 11.9. The molecular formula is C23H33N5OS. The zero-order valence-corrected chi connectivity index (χ0v) is 18.6. The third-order valence-corrected chi connectivity index (χ3v) is 6.03. The second kappa shape index (κ2) is 12.3. The number of guanidine groups is 1.